The van der Waals surface area contributed by atoms with Crippen molar-refractivity contribution in [3.63, 3.8) is 0 Å². The Bertz CT molecular complexity index is 1120. The van der Waals surface area contributed by atoms with E-state index >= 15 is 0 Å². The Morgan fingerprint density at radius 3 is 2.56 bits per heavy atom. The number of nitrogens with one attached hydrogen (secondary N) is 1. The molecule has 2 heterocycles. The van der Waals surface area contributed by atoms with E-state index in [2.05, 4.69) is 15.5 Å². The molecule has 27 heavy (non-hydrogen) atoms. The minimum Gasteiger partial charge on any atom is -0.494 e. The summed E-state index contributed by atoms with van der Waals surface area (Å²) in [5, 5.41) is 14.1. The van der Waals surface area contributed by atoms with Crippen molar-refractivity contribution >= 4 is 24.3 Å². The van der Waals surface area contributed by atoms with Gasteiger partial charge in [0.2, 0.25) is 5.88 Å². The molecule has 8 nitrogen and oxygen atoms in total. The van der Waals surface area contributed by atoms with Crippen LogP contribution in [0.25, 0.3) is 5.69 Å². The Hall–Kier alpha value is -3.59. The number of nitrogens with zero attached hydrogens (tertiary/aromatic N) is 4. The highest BCUT2D eigenvalue weighted by molar-refractivity contribution is 7.71. The first-order valence-electron chi connectivity index (χ1n) is 7.84. The van der Waals surface area contributed by atoms with Crippen LogP contribution in [-0.2, 0) is 7.05 Å². The van der Waals surface area contributed by atoms with E-state index in [0.29, 0.717) is 11.3 Å². The second kappa shape index (κ2) is 7.75. The fourth-order valence-corrected chi connectivity index (χ4v) is 2.64. The monoisotopic (exact) mass is 381 g/mol. The Morgan fingerprint density at radius 2 is 1.89 bits per heavy atom. The number of rotatable bonds is 4. The third-order valence-corrected chi connectivity index (χ3v) is 4.24. The highest BCUT2D eigenvalue weighted by atomic mass is 32.1. The summed E-state index contributed by atoms with van der Waals surface area (Å²) in [4.78, 5) is 28.6. The summed E-state index contributed by atoms with van der Waals surface area (Å²) >= 11 is 5.27. The summed E-state index contributed by atoms with van der Waals surface area (Å²) in [6.45, 7) is 0. The molecule has 0 aliphatic carbocycles. The first-order chi connectivity index (χ1) is 13.0. The molecule has 2 N–H and O–H groups in total. The zero-order chi connectivity index (χ0) is 19.4. The number of aromatic hydroxyl groups is 1. The minimum absolute atomic E-state index is 0.106. The van der Waals surface area contributed by atoms with Gasteiger partial charge in [0, 0.05) is 25.0 Å². The maximum Gasteiger partial charge on any atom is 0.271 e. The number of aromatic nitrogens is 3. The maximum absolute atomic E-state index is 12.8. The van der Waals surface area contributed by atoms with Crippen molar-refractivity contribution in [3.05, 3.63) is 81.1 Å². The summed E-state index contributed by atoms with van der Waals surface area (Å²) < 4.78 is 2.69. The van der Waals surface area contributed by atoms with Gasteiger partial charge in [0.15, 0.2) is 4.77 Å². The van der Waals surface area contributed by atoms with Gasteiger partial charge in [-0.15, -0.1) is 0 Å². The molecule has 0 aliphatic rings. The molecule has 136 valence electrons. The Balaban J connectivity index is 1.99. The van der Waals surface area contributed by atoms with Crippen molar-refractivity contribution in [1.82, 2.24) is 19.5 Å². The van der Waals surface area contributed by atoms with Gasteiger partial charge < -0.3 is 5.11 Å². The molecule has 0 saturated carbocycles. The third-order valence-electron chi connectivity index (χ3n) is 3.79. The number of hydrazone groups is 1. The van der Waals surface area contributed by atoms with E-state index < -0.39 is 11.5 Å². The van der Waals surface area contributed by atoms with Crippen molar-refractivity contribution in [2.75, 3.05) is 0 Å². The molecule has 1 amide bonds. The Labute approximate surface area is 159 Å². The molecular weight excluding hydrogens is 366 g/mol. The molecule has 0 spiro atoms. The van der Waals surface area contributed by atoms with Crippen LogP contribution in [0.2, 0.25) is 0 Å². The normalized spacial score (nSPS) is 10.9. The number of benzene rings is 1. The second-order valence-corrected chi connectivity index (χ2v) is 5.86. The predicted octanol–water partition coefficient (Wildman–Crippen LogP) is 1.77. The van der Waals surface area contributed by atoms with Crippen LogP contribution in [0.5, 0.6) is 5.88 Å². The highest BCUT2D eigenvalue weighted by Gasteiger charge is 2.15. The van der Waals surface area contributed by atoms with Crippen LogP contribution in [0.1, 0.15) is 15.9 Å². The van der Waals surface area contributed by atoms with E-state index in [9.17, 15) is 14.7 Å². The Kier molecular flexibility index (Phi) is 5.23. The van der Waals surface area contributed by atoms with Crippen LogP contribution in [0.15, 0.2) is 64.8 Å². The smallest absolute Gasteiger partial charge is 0.271 e. The molecule has 0 atom stereocenters. The van der Waals surface area contributed by atoms with Crippen molar-refractivity contribution in [2.24, 2.45) is 12.1 Å². The molecule has 0 unspecified atom stereocenters. The van der Waals surface area contributed by atoms with Gasteiger partial charge in [-0.25, -0.2) is 5.43 Å². The van der Waals surface area contributed by atoms with Crippen LogP contribution in [0, 0.1) is 4.77 Å². The van der Waals surface area contributed by atoms with Crippen molar-refractivity contribution in [2.45, 2.75) is 0 Å². The lowest BCUT2D eigenvalue weighted by Crippen LogP contribution is -2.27. The zero-order valence-electron chi connectivity index (χ0n) is 14.2. The van der Waals surface area contributed by atoms with Crippen LogP contribution in [-0.4, -0.2) is 31.3 Å². The fourth-order valence-electron chi connectivity index (χ4n) is 2.37. The summed E-state index contributed by atoms with van der Waals surface area (Å²) in [6.07, 6.45) is 4.04. The van der Waals surface area contributed by atoms with E-state index in [1.54, 1.807) is 24.3 Å². The molecular formula is C18H15N5O3S. The van der Waals surface area contributed by atoms with Gasteiger partial charge in [-0.05, 0) is 36.5 Å². The van der Waals surface area contributed by atoms with Crippen molar-refractivity contribution < 1.29 is 9.90 Å². The third kappa shape index (κ3) is 3.67. The average molecular weight is 381 g/mol. The SMILES string of the molecule is Cn1c(O)c(C=NNC(=O)c2ccncc2)c(=O)n(-c2ccccc2)c1=S. The zero-order valence-corrected chi connectivity index (χ0v) is 15.1. The standard InChI is InChI=1S/C18H15N5O3S/c1-22-16(25)14(11-20-21-15(24)12-7-9-19-10-8-12)17(26)23(18(22)27)13-5-3-2-4-6-13/h2-11,25H,1H3,(H,21,24). The molecule has 0 radical (unpaired) electrons. The lowest BCUT2D eigenvalue weighted by molar-refractivity contribution is 0.0955. The first kappa shape index (κ1) is 18.2. The fraction of sp³-hybridized carbons (Fsp3) is 0.0556. The molecule has 0 aliphatic heterocycles. The first-order valence-corrected chi connectivity index (χ1v) is 8.25. The molecule has 0 bridgehead atoms. The minimum atomic E-state index is -0.552. The van der Waals surface area contributed by atoms with Crippen molar-refractivity contribution in [3.8, 4) is 11.6 Å². The topological polar surface area (TPSA) is 102 Å². The van der Waals surface area contributed by atoms with Gasteiger partial charge in [-0.2, -0.15) is 5.10 Å². The van der Waals surface area contributed by atoms with Crippen LogP contribution in [0.3, 0.4) is 0 Å². The summed E-state index contributed by atoms with van der Waals surface area (Å²) in [5.74, 6) is -0.820. The van der Waals surface area contributed by atoms with Crippen LogP contribution < -0.4 is 11.0 Å². The molecule has 3 aromatic rings. The van der Waals surface area contributed by atoms with E-state index in [0.717, 1.165) is 6.21 Å². The molecule has 3 rings (SSSR count). The summed E-state index contributed by atoms with van der Waals surface area (Å²) in [6, 6.07) is 11.8. The van der Waals surface area contributed by atoms with E-state index in [1.165, 1.54) is 40.7 Å². The molecule has 9 heteroatoms. The average Bonchev–Trinajstić information content (AvgIpc) is 2.70. The predicted molar refractivity (Wildman–Crippen MR) is 103 cm³/mol. The molecule has 0 fully saturated rings. The van der Waals surface area contributed by atoms with Gasteiger partial charge in [-0.3, -0.25) is 23.7 Å². The summed E-state index contributed by atoms with van der Waals surface area (Å²) in [7, 11) is 1.53. The van der Waals surface area contributed by atoms with Gasteiger partial charge in [-0.1, -0.05) is 18.2 Å². The van der Waals surface area contributed by atoms with Gasteiger partial charge in [0.25, 0.3) is 11.5 Å². The molecule has 0 saturated heterocycles. The lowest BCUT2D eigenvalue weighted by Gasteiger charge is -2.12. The van der Waals surface area contributed by atoms with E-state index in [4.69, 9.17) is 12.2 Å². The second-order valence-electron chi connectivity index (χ2n) is 5.49. The molecule has 2 aromatic heterocycles. The van der Waals surface area contributed by atoms with Crippen molar-refractivity contribution in [1.29, 1.82) is 0 Å². The highest BCUT2D eigenvalue weighted by Crippen LogP contribution is 2.14. The molecule has 1 aromatic carbocycles. The number of para-hydroxylation sites is 1. The van der Waals surface area contributed by atoms with Gasteiger partial charge in [0.05, 0.1) is 11.9 Å². The number of carbonyl (C=O) groups is 1. The summed E-state index contributed by atoms with van der Waals surface area (Å²) in [5.41, 5.74) is 2.56. The van der Waals surface area contributed by atoms with Gasteiger partial charge >= 0.3 is 0 Å². The number of carbonyl (C=O) groups excluding carboxylic acids is 1. The number of pyridine rings is 1. The number of hydrogen-bond donors (Lipinski definition) is 2. The lowest BCUT2D eigenvalue weighted by atomic mass is 10.2. The Morgan fingerprint density at radius 1 is 1.22 bits per heavy atom. The number of hydrogen-bond acceptors (Lipinski definition) is 6. The van der Waals surface area contributed by atoms with E-state index in [1.807, 2.05) is 6.07 Å². The van der Waals surface area contributed by atoms with Crippen LogP contribution >= 0.6 is 12.2 Å². The van der Waals surface area contributed by atoms with E-state index in [-0.39, 0.29) is 16.2 Å². The largest absolute Gasteiger partial charge is 0.494 e. The number of amides is 1. The van der Waals surface area contributed by atoms with Gasteiger partial charge in [0.1, 0.15) is 5.56 Å². The maximum atomic E-state index is 12.8. The van der Waals surface area contributed by atoms with Crippen LogP contribution in [0.4, 0.5) is 0 Å². The quantitative estimate of drug-likeness (QED) is 0.407.